The number of ketones is 1. The molecule has 0 amide bonds. The molecule has 5 heteroatoms. The summed E-state index contributed by atoms with van der Waals surface area (Å²) in [6, 6.07) is 9.01. The number of carbonyl (C=O) groups is 1. The average Bonchev–Trinajstić information content (AvgIpc) is 2.74. The van der Waals surface area contributed by atoms with Crippen molar-refractivity contribution in [3.8, 4) is 23.0 Å². The fourth-order valence-electron chi connectivity index (χ4n) is 2.84. The second-order valence-electron chi connectivity index (χ2n) is 6.66. The molecule has 2 rings (SSSR count). The van der Waals surface area contributed by atoms with Crippen LogP contribution in [0.2, 0.25) is 0 Å². The summed E-state index contributed by atoms with van der Waals surface area (Å²) in [5.74, 6) is 2.31. The summed E-state index contributed by atoms with van der Waals surface area (Å²) in [5.41, 5.74) is 3.38. The van der Waals surface area contributed by atoms with E-state index in [2.05, 4.69) is 6.08 Å². The van der Waals surface area contributed by atoms with Gasteiger partial charge in [0.2, 0.25) is 0 Å². The lowest BCUT2D eigenvalue weighted by Gasteiger charge is -2.13. The van der Waals surface area contributed by atoms with Crippen LogP contribution in [0, 0.1) is 0 Å². The van der Waals surface area contributed by atoms with Crippen LogP contribution in [0.25, 0.3) is 6.08 Å². The molecule has 0 saturated carbocycles. The van der Waals surface area contributed by atoms with Crippen LogP contribution in [-0.2, 0) is 6.42 Å². The van der Waals surface area contributed by atoms with E-state index in [1.165, 1.54) is 18.8 Å². The van der Waals surface area contributed by atoms with Gasteiger partial charge in [0.25, 0.3) is 0 Å². The van der Waals surface area contributed by atoms with Crippen molar-refractivity contribution < 1.29 is 23.7 Å². The highest BCUT2D eigenvalue weighted by Crippen LogP contribution is 2.31. The molecule has 0 heterocycles. The Morgan fingerprint density at radius 3 is 2.14 bits per heavy atom. The van der Waals surface area contributed by atoms with Crippen LogP contribution >= 0.6 is 0 Å². The highest BCUT2D eigenvalue weighted by Gasteiger charge is 2.15. The Kier molecular flexibility index (Phi) is 7.89. The van der Waals surface area contributed by atoms with E-state index in [9.17, 15) is 4.79 Å². The lowest BCUT2D eigenvalue weighted by atomic mass is 10.0. The molecule has 0 spiro atoms. The summed E-state index contributed by atoms with van der Waals surface area (Å²) in [6.45, 7) is 4.07. The van der Waals surface area contributed by atoms with E-state index in [4.69, 9.17) is 18.9 Å². The first-order valence-corrected chi connectivity index (χ1v) is 9.26. The number of carbonyl (C=O) groups excluding carboxylic acids is 1. The molecule has 0 fully saturated rings. The van der Waals surface area contributed by atoms with Crippen LogP contribution in [0.5, 0.6) is 23.0 Å². The van der Waals surface area contributed by atoms with Crippen molar-refractivity contribution >= 4 is 11.9 Å². The molecule has 154 valence electrons. The monoisotopic (exact) mass is 396 g/mol. The fraction of sp³-hybridized carbons (Fsp3) is 0.292. The Bertz CT molecular complexity index is 921. The van der Waals surface area contributed by atoms with Crippen molar-refractivity contribution in [2.45, 2.75) is 20.3 Å². The first kappa shape index (κ1) is 22.1. The third-order valence-electron chi connectivity index (χ3n) is 4.45. The molecule has 0 aliphatic carbocycles. The van der Waals surface area contributed by atoms with E-state index in [0.717, 1.165) is 11.1 Å². The minimum Gasteiger partial charge on any atom is -0.497 e. The Labute approximate surface area is 172 Å². The molecule has 0 aliphatic rings. The topological polar surface area (TPSA) is 54.0 Å². The van der Waals surface area contributed by atoms with E-state index < -0.39 is 0 Å². The number of hydrogen-bond acceptors (Lipinski definition) is 5. The molecule has 0 radical (unpaired) electrons. The van der Waals surface area contributed by atoms with E-state index in [1.54, 1.807) is 39.5 Å². The zero-order valence-electron chi connectivity index (χ0n) is 17.9. The van der Waals surface area contributed by atoms with Gasteiger partial charge < -0.3 is 18.9 Å². The summed E-state index contributed by atoms with van der Waals surface area (Å²) < 4.78 is 21.5. The van der Waals surface area contributed by atoms with Crippen LogP contribution in [-0.4, -0.2) is 34.2 Å². The third kappa shape index (κ3) is 5.64. The molecule has 2 aromatic rings. The summed E-state index contributed by atoms with van der Waals surface area (Å²) in [7, 11) is 6.32. The highest BCUT2D eigenvalue weighted by atomic mass is 16.5. The van der Waals surface area contributed by atoms with E-state index >= 15 is 0 Å². The summed E-state index contributed by atoms with van der Waals surface area (Å²) in [4.78, 5) is 12.9. The van der Waals surface area contributed by atoms with Gasteiger partial charge in [-0.25, -0.2) is 0 Å². The lowest BCUT2D eigenvalue weighted by Crippen LogP contribution is -2.03. The van der Waals surface area contributed by atoms with Gasteiger partial charge in [0, 0.05) is 17.7 Å². The highest BCUT2D eigenvalue weighted by molar-refractivity contribution is 6.09. The van der Waals surface area contributed by atoms with E-state index in [0.29, 0.717) is 35.0 Å². The van der Waals surface area contributed by atoms with Gasteiger partial charge in [-0.2, -0.15) is 0 Å². The van der Waals surface area contributed by atoms with Gasteiger partial charge in [0.1, 0.15) is 23.0 Å². The quantitative estimate of drug-likeness (QED) is 0.334. The second kappa shape index (κ2) is 10.4. The van der Waals surface area contributed by atoms with Crippen molar-refractivity contribution in [1.82, 2.24) is 0 Å². The Hall–Kier alpha value is -3.21. The molecular formula is C24H28O5. The Morgan fingerprint density at radius 1 is 0.862 bits per heavy atom. The smallest absolute Gasteiger partial charge is 0.189 e. The molecule has 0 unspecified atom stereocenters. The zero-order valence-corrected chi connectivity index (χ0v) is 17.9. The number of hydrogen-bond donors (Lipinski definition) is 0. The lowest BCUT2D eigenvalue weighted by molar-refractivity contribution is 0.104. The second-order valence-corrected chi connectivity index (χ2v) is 6.66. The molecule has 5 nitrogen and oxygen atoms in total. The molecular weight excluding hydrogens is 368 g/mol. The Morgan fingerprint density at radius 2 is 1.55 bits per heavy atom. The van der Waals surface area contributed by atoms with Crippen molar-refractivity contribution in [1.29, 1.82) is 0 Å². The van der Waals surface area contributed by atoms with Gasteiger partial charge in [0.15, 0.2) is 5.78 Å². The number of ether oxygens (including phenoxy) is 4. The minimum atomic E-state index is -0.166. The maximum Gasteiger partial charge on any atom is 0.189 e. The maximum absolute atomic E-state index is 12.9. The van der Waals surface area contributed by atoms with Crippen LogP contribution in [0.1, 0.15) is 35.3 Å². The molecule has 0 saturated heterocycles. The first-order valence-electron chi connectivity index (χ1n) is 9.26. The van der Waals surface area contributed by atoms with Gasteiger partial charge in [-0.3, -0.25) is 4.79 Å². The van der Waals surface area contributed by atoms with Gasteiger partial charge in [-0.05, 0) is 56.2 Å². The standard InChI is InChI=1S/C24H28O5/c1-16(2)7-8-18-13-20(24(29-6)15-23(18)28-5)21(25)12-10-17-9-11-19(26-3)14-22(17)27-4/h7,9-15H,8H2,1-6H3/b12-10+. The first-order chi connectivity index (χ1) is 13.9. The van der Waals surface area contributed by atoms with Crippen LogP contribution < -0.4 is 18.9 Å². The predicted molar refractivity (Wildman–Crippen MR) is 116 cm³/mol. The van der Waals surface area contributed by atoms with Gasteiger partial charge in [0.05, 0.1) is 34.0 Å². The van der Waals surface area contributed by atoms with Crippen molar-refractivity contribution in [2.75, 3.05) is 28.4 Å². The summed E-state index contributed by atoms with van der Waals surface area (Å²) in [5, 5.41) is 0. The molecule has 0 N–H and O–H groups in total. The van der Waals surface area contributed by atoms with Crippen molar-refractivity contribution in [3.63, 3.8) is 0 Å². The van der Waals surface area contributed by atoms with Gasteiger partial charge in [-0.15, -0.1) is 0 Å². The Balaban J connectivity index is 2.40. The number of benzene rings is 2. The van der Waals surface area contributed by atoms with Crippen molar-refractivity contribution in [2.24, 2.45) is 0 Å². The SMILES string of the molecule is COc1ccc(/C=C/C(=O)c2cc(CC=C(C)C)c(OC)cc2OC)c(OC)c1. The maximum atomic E-state index is 12.9. The van der Waals surface area contributed by atoms with Crippen molar-refractivity contribution in [3.05, 3.63) is 64.7 Å². The van der Waals surface area contributed by atoms with Crippen LogP contribution in [0.3, 0.4) is 0 Å². The molecule has 0 atom stereocenters. The average molecular weight is 396 g/mol. The van der Waals surface area contributed by atoms with Crippen LogP contribution in [0.4, 0.5) is 0 Å². The number of rotatable bonds is 9. The van der Waals surface area contributed by atoms with E-state index in [-0.39, 0.29) is 5.78 Å². The van der Waals surface area contributed by atoms with Crippen LogP contribution in [0.15, 0.2) is 48.1 Å². The van der Waals surface area contributed by atoms with Gasteiger partial charge >= 0.3 is 0 Å². The summed E-state index contributed by atoms with van der Waals surface area (Å²) in [6.07, 6.45) is 6.00. The number of allylic oxidation sites excluding steroid dienone is 3. The predicted octanol–water partition coefficient (Wildman–Crippen LogP) is 5.13. The summed E-state index contributed by atoms with van der Waals surface area (Å²) >= 11 is 0. The molecule has 2 aromatic carbocycles. The zero-order chi connectivity index (χ0) is 21.4. The molecule has 0 aromatic heterocycles. The third-order valence-corrected chi connectivity index (χ3v) is 4.45. The minimum absolute atomic E-state index is 0.166. The fourth-order valence-corrected chi connectivity index (χ4v) is 2.84. The van der Waals surface area contributed by atoms with Gasteiger partial charge in [-0.1, -0.05) is 11.6 Å². The largest absolute Gasteiger partial charge is 0.497 e. The molecule has 0 aliphatic heterocycles. The molecule has 29 heavy (non-hydrogen) atoms. The number of methoxy groups -OCH3 is 4. The molecule has 0 bridgehead atoms. The normalized spacial score (nSPS) is 10.6. The van der Waals surface area contributed by atoms with E-state index in [1.807, 2.05) is 32.0 Å².